The predicted molar refractivity (Wildman–Crippen MR) is 87.9 cm³/mol. The Morgan fingerprint density at radius 2 is 1.86 bits per heavy atom. The van der Waals surface area contributed by atoms with Crippen LogP contribution in [0.5, 0.6) is 0 Å². The van der Waals surface area contributed by atoms with Gasteiger partial charge in [-0.15, -0.1) is 3.77 Å². The van der Waals surface area contributed by atoms with Crippen LogP contribution in [0.4, 0.5) is 0 Å². The molecule has 2 atom stereocenters. The van der Waals surface area contributed by atoms with Crippen LogP contribution in [0.2, 0.25) is 0 Å². The highest BCUT2D eigenvalue weighted by Crippen LogP contribution is 2.18. The lowest BCUT2D eigenvalue weighted by Gasteiger charge is -2.22. The summed E-state index contributed by atoms with van der Waals surface area (Å²) in [6.07, 6.45) is 5.18. The van der Waals surface area contributed by atoms with Crippen LogP contribution in [0, 0.1) is 6.92 Å². The first kappa shape index (κ1) is 17.4. The van der Waals surface area contributed by atoms with E-state index in [0.29, 0.717) is 6.42 Å². The Balaban J connectivity index is 2.10. The van der Waals surface area contributed by atoms with E-state index < -0.39 is 19.8 Å². The van der Waals surface area contributed by atoms with Gasteiger partial charge in [-0.1, -0.05) is 17.7 Å². The molecule has 0 amide bonds. The van der Waals surface area contributed by atoms with Gasteiger partial charge in [-0.2, -0.15) is 8.42 Å². The average Bonchev–Trinajstić information content (AvgIpc) is 2.46. The van der Waals surface area contributed by atoms with Crippen molar-refractivity contribution < 1.29 is 17.4 Å². The minimum atomic E-state index is -3.88. The molecule has 0 aliphatic carbocycles. The van der Waals surface area contributed by atoms with Gasteiger partial charge in [-0.25, -0.2) is 4.21 Å². The van der Waals surface area contributed by atoms with Crippen molar-refractivity contribution in [2.45, 2.75) is 43.6 Å². The molecule has 0 N–H and O–H groups in total. The predicted octanol–water partition coefficient (Wildman–Crippen LogP) is 2.74. The van der Waals surface area contributed by atoms with Crippen molar-refractivity contribution in [2.75, 3.05) is 18.6 Å². The van der Waals surface area contributed by atoms with Crippen LogP contribution in [0.15, 0.2) is 32.9 Å². The van der Waals surface area contributed by atoms with Gasteiger partial charge in [-0.05, 0) is 44.7 Å². The minimum Gasteiger partial charge on any atom is -0.378 e. The monoisotopic (exact) mass is 345 g/mol. The molecule has 1 unspecified atom stereocenters. The lowest BCUT2D eigenvalue weighted by atomic mass is 10.1. The van der Waals surface area contributed by atoms with Crippen molar-refractivity contribution in [3.63, 3.8) is 0 Å². The molecule has 7 heteroatoms. The second-order valence-corrected chi connectivity index (χ2v) is 10.1. The van der Waals surface area contributed by atoms with Gasteiger partial charge in [0.1, 0.15) is 0 Å². The van der Waals surface area contributed by atoms with Gasteiger partial charge in [0.25, 0.3) is 10.0 Å². The molecule has 0 saturated carbocycles. The van der Waals surface area contributed by atoms with Gasteiger partial charge < -0.3 is 4.74 Å². The summed E-state index contributed by atoms with van der Waals surface area (Å²) in [7, 11) is -6.67. The van der Waals surface area contributed by atoms with Crippen molar-refractivity contribution in [3.05, 3.63) is 29.8 Å². The fourth-order valence-electron chi connectivity index (χ4n) is 2.38. The van der Waals surface area contributed by atoms with Crippen molar-refractivity contribution in [3.8, 4) is 0 Å². The number of benzene rings is 1. The van der Waals surface area contributed by atoms with E-state index in [1.165, 1.54) is 18.4 Å². The number of hydrogen-bond acceptors (Lipinski definition) is 4. The van der Waals surface area contributed by atoms with Crippen LogP contribution >= 0.6 is 0 Å². The number of ether oxygens (including phenoxy) is 1. The molecule has 124 valence electrons. The van der Waals surface area contributed by atoms with Crippen LogP contribution in [-0.4, -0.2) is 37.3 Å². The molecule has 1 aliphatic heterocycles. The van der Waals surface area contributed by atoms with E-state index in [1.54, 1.807) is 12.1 Å². The molecule has 0 bridgehead atoms. The Bertz CT molecular complexity index is 710. The molecular weight excluding hydrogens is 322 g/mol. The number of hydrogen-bond donors (Lipinski definition) is 0. The van der Waals surface area contributed by atoms with E-state index >= 15 is 0 Å². The maximum Gasteiger partial charge on any atom is 0.290 e. The first-order valence-corrected chi connectivity index (χ1v) is 11.0. The molecule has 2 rings (SSSR count). The van der Waals surface area contributed by atoms with Crippen molar-refractivity contribution >= 4 is 19.8 Å². The Hall–Kier alpha value is -0.920. The second kappa shape index (κ2) is 7.10. The van der Waals surface area contributed by atoms with Gasteiger partial charge >= 0.3 is 0 Å². The SMILES string of the molecule is Cc1ccc(S(=O)(=O)N=S(C)(=O)CC[C@@H]2CCCCO2)cc1. The molecule has 1 aromatic carbocycles. The normalized spacial score (nSPS) is 22.0. The fourth-order valence-corrected chi connectivity index (χ4v) is 5.87. The van der Waals surface area contributed by atoms with E-state index in [9.17, 15) is 12.6 Å². The Morgan fingerprint density at radius 3 is 2.45 bits per heavy atom. The first-order chi connectivity index (χ1) is 10.3. The average molecular weight is 345 g/mol. The standard InChI is InChI=1S/C15H23NO4S2/c1-13-6-8-15(9-7-13)22(18,19)16-21(2,17)12-10-14-5-3-4-11-20-14/h6-9,14H,3-5,10-12H2,1-2H3/t14-,21?/m0/s1. The molecule has 0 radical (unpaired) electrons. The number of aryl methyl sites for hydroxylation is 1. The molecule has 0 spiro atoms. The minimum absolute atomic E-state index is 0.0757. The van der Waals surface area contributed by atoms with Gasteiger partial charge in [-0.3, -0.25) is 0 Å². The molecule has 0 aromatic heterocycles. The lowest BCUT2D eigenvalue weighted by Crippen LogP contribution is -2.22. The molecule has 5 nitrogen and oxygen atoms in total. The maximum absolute atomic E-state index is 12.5. The summed E-state index contributed by atoms with van der Waals surface area (Å²) in [5.74, 6) is 0.239. The highest BCUT2D eigenvalue weighted by atomic mass is 32.3. The molecule has 1 aromatic rings. The highest BCUT2D eigenvalue weighted by Gasteiger charge is 2.19. The zero-order chi connectivity index (χ0) is 16.2. The van der Waals surface area contributed by atoms with Crippen LogP contribution in [0.1, 0.15) is 31.2 Å². The summed E-state index contributed by atoms with van der Waals surface area (Å²) in [5, 5.41) is 0. The zero-order valence-corrected chi connectivity index (χ0v) is 14.7. The van der Waals surface area contributed by atoms with Crippen LogP contribution < -0.4 is 0 Å². The summed E-state index contributed by atoms with van der Waals surface area (Å²) in [6.45, 7) is 2.61. The van der Waals surface area contributed by atoms with Gasteiger partial charge in [0, 0.05) is 18.6 Å². The summed E-state index contributed by atoms with van der Waals surface area (Å²) in [6, 6.07) is 6.40. The van der Waals surface area contributed by atoms with Crippen molar-refractivity contribution in [1.29, 1.82) is 0 Å². The first-order valence-electron chi connectivity index (χ1n) is 7.43. The Morgan fingerprint density at radius 1 is 1.18 bits per heavy atom. The number of rotatable bonds is 5. The van der Waals surface area contributed by atoms with E-state index in [-0.39, 0.29) is 16.8 Å². The largest absolute Gasteiger partial charge is 0.378 e. The molecule has 1 fully saturated rings. The Kier molecular flexibility index (Phi) is 5.63. The second-order valence-electron chi connectivity index (χ2n) is 5.80. The third-order valence-corrected chi connectivity index (χ3v) is 7.57. The molecule has 1 heterocycles. The fraction of sp³-hybridized carbons (Fsp3) is 0.600. The molecular formula is C15H23NO4S2. The highest BCUT2D eigenvalue weighted by molar-refractivity contribution is 8.02. The van der Waals surface area contributed by atoms with Crippen molar-refractivity contribution in [1.82, 2.24) is 0 Å². The van der Waals surface area contributed by atoms with Crippen LogP contribution in [0.3, 0.4) is 0 Å². The number of sulfonamides is 1. The quantitative estimate of drug-likeness (QED) is 0.822. The van der Waals surface area contributed by atoms with E-state index in [1.807, 2.05) is 6.92 Å². The van der Waals surface area contributed by atoms with E-state index in [4.69, 9.17) is 4.74 Å². The zero-order valence-electron chi connectivity index (χ0n) is 13.0. The van der Waals surface area contributed by atoms with Gasteiger partial charge in [0.15, 0.2) is 0 Å². The Labute approximate surface area is 133 Å². The summed E-state index contributed by atoms with van der Waals surface area (Å²) >= 11 is 0. The van der Waals surface area contributed by atoms with E-state index in [2.05, 4.69) is 3.77 Å². The molecule has 1 aliphatic rings. The van der Waals surface area contributed by atoms with Crippen molar-refractivity contribution in [2.24, 2.45) is 3.77 Å². The summed E-state index contributed by atoms with van der Waals surface area (Å²) < 4.78 is 46.2. The third-order valence-electron chi connectivity index (χ3n) is 3.67. The lowest BCUT2D eigenvalue weighted by molar-refractivity contribution is 0.0148. The molecule has 1 saturated heterocycles. The van der Waals surface area contributed by atoms with Gasteiger partial charge in [0.05, 0.1) is 20.7 Å². The topological polar surface area (TPSA) is 72.8 Å². The van der Waals surface area contributed by atoms with Crippen LogP contribution in [-0.2, 0) is 24.5 Å². The van der Waals surface area contributed by atoms with Gasteiger partial charge in [0.2, 0.25) is 0 Å². The van der Waals surface area contributed by atoms with Crippen LogP contribution in [0.25, 0.3) is 0 Å². The van der Waals surface area contributed by atoms with E-state index in [0.717, 1.165) is 31.4 Å². The summed E-state index contributed by atoms with van der Waals surface area (Å²) in [4.78, 5) is 0.0848. The number of nitrogens with zero attached hydrogens (tertiary/aromatic N) is 1. The smallest absolute Gasteiger partial charge is 0.290 e. The summed E-state index contributed by atoms with van der Waals surface area (Å²) in [5.41, 5.74) is 0.964. The third kappa shape index (κ3) is 5.07. The molecule has 22 heavy (non-hydrogen) atoms. The maximum atomic E-state index is 12.5.